The Morgan fingerprint density at radius 3 is 2.41 bits per heavy atom. The van der Waals surface area contributed by atoms with Gasteiger partial charge in [-0.1, -0.05) is 0 Å². The summed E-state index contributed by atoms with van der Waals surface area (Å²) in [5.74, 6) is -0.479. The van der Waals surface area contributed by atoms with Crippen molar-refractivity contribution < 1.29 is 4.79 Å². The van der Waals surface area contributed by atoms with Crippen LogP contribution >= 0.6 is 0 Å². The van der Waals surface area contributed by atoms with E-state index in [1.165, 1.54) is 6.20 Å². The van der Waals surface area contributed by atoms with Crippen LogP contribution in [0.4, 0.5) is 22.7 Å². The topological polar surface area (TPSA) is 94.2 Å². The van der Waals surface area contributed by atoms with Crippen LogP contribution in [0.5, 0.6) is 0 Å². The summed E-state index contributed by atoms with van der Waals surface area (Å²) in [7, 11) is 0. The molecule has 0 saturated heterocycles. The molecule has 140 valence electrons. The summed E-state index contributed by atoms with van der Waals surface area (Å²) in [6.07, 6.45) is 1.42. The molecule has 0 fully saturated rings. The number of carbonyl (C=O) groups excluding carboxylic acids is 1. The summed E-state index contributed by atoms with van der Waals surface area (Å²) in [5.41, 5.74) is 9.82. The summed E-state index contributed by atoms with van der Waals surface area (Å²) >= 11 is 0. The highest BCUT2D eigenvalue weighted by molar-refractivity contribution is 6.06. The molecule has 0 heterocycles. The third-order valence-corrected chi connectivity index (χ3v) is 4.24. The number of hydrogen-bond acceptors (Lipinski definition) is 5. The van der Waals surface area contributed by atoms with Crippen molar-refractivity contribution >= 4 is 28.7 Å². The molecular weight excluding hydrogens is 338 g/mol. The van der Waals surface area contributed by atoms with Crippen molar-refractivity contribution in [1.29, 1.82) is 5.26 Å². The van der Waals surface area contributed by atoms with E-state index in [0.29, 0.717) is 11.4 Å². The molecule has 1 amide bonds. The summed E-state index contributed by atoms with van der Waals surface area (Å²) in [6.45, 7) is 8.10. The zero-order valence-corrected chi connectivity index (χ0v) is 15.9. The molecule has 0 saturated carbocycles. The second-order valence-corrected chi connectivity index (χ2v) is 6.06. The Balaban J connectivity index is 2.11. The number of aryl methyl sites for hydroxylation is 1. The second-order valence-electron chi connectivity index (χ2n) is 6.06. The molecule has 2 aromatic rings. The van der Waals surface area contributed by atoms with E-state index < -0.39 is 5.91 Å². The minimum absolute atomic E-state index is 0.0148. The standard InChI is InChI=1S/C21H25N5O/c1-4-26(5-2)19-10-11-20(15(3)12-19)24-14-16(13-22)21(27)25-18-8-6-17(23)7-9-18/h6-12,14,24H,4-5,23H2,1-3H3,(H,25,27)/b16-14-. The van der Waals surface area contributed by atoms with E-state index in [4.69, 9.17) is 5.73 Å². The van der Waals surface area contributed by atoms with Gasteiger partial charge in [-0.2, -0.15) is 5.26 Å². The number of nitriles is 1. The first kappa shape index (κ1) is 19.9. The highest BCUT2D eigenvalue weighted by Gasteiger charge is 2.10. The number of nitrogens with two attached hydrogens (primary N) is 1. The zero-order valence-electron chi connectivity index (χ0n) is 15.9. The molecule has 6 heteroatoms. The number of hydrogen-bond donors (Lipinski definition) is 3. The Labute approximate surface area is 160 Å². The van der Waals surface area contributed by atoms with E-state index in [2.05, 4.69) is 35.4 Å². The number of nitrogens with one attached hydrogen (secondary N) is 2. The van der Waals surface area contributed by atoms with Crippen molar-refractivity contribution in [1.82, 2.24) is 0 Å². The predicted molar refractivity (Wildman–Crippen MR) is 112 cm³/mol. The number of nitrogens with zero attached hydrogens (tertiary/aromatic N) is 2. The smallest absolute Gasteiger partial charge is 0.267 e. The first-order valence-corrected chi connectivity index (χ1v) is 8.87. The minimum Gasteiger partial charge on any atom is -0.399 e. The van der Waals surface area contributed by atoms with Gasteiger partial charge in [0.1, 0.15) is 11.6 Å². The molecule has 0 aromatic heterocycles. The summed E-state index contributed by atoms with van der Waals surface area (Å²) < 4.78 is 0. The Bertz CT molecular complexity index is 861. The van der Waals surface area contributed by atoms with E-state index >= 15 is 0 Å². The lowest BCUT2D eigenvalue weighted by atomic mass is 10.1. The molecule has 0 aliphatic carbocycles. The molecule has 0 unspecified atom stereocenters. The molecule has 4 N–H and O–H groups in total. The Hall–Kier alpha value is -3.46. The normalized spacial score (nSPS) is 10.8. The van der Waals surface area contributed by atoms with E-state index in [-0.39, 0.29) is 5.57 Å². The fraction of sp³-hybridized carbons (Fsp3) is 0.238. The number of carbonyl (C=O) groups is 1. The molecule has 6 nitrogen and oxygen atoms in total. The molecule has 0 aliphatic heterocycles. The number of anilines is 4. The highest BCUT2D eigenvalue weighted by Crippen LogP contribution is 2.23. The van der Waals surface area contributed by atoms with Gasteiger partial charge in [-0.15, -0.1) is 0 Å². The maximum atomic E-state index is 12.3. The lowest BCUT2D eigenvalue weighted by Gasteiger charge is -2.22. The van der Waals surface area contributed by atoms with E-state index in [1.807, 2.05) is 25.1 Å². The molecule has 2 aromatic carbocycles. The number of benzene rings is 2. The van der Waals surface area contributed by atoms with E-state index in [9.17, 15) is 10.1 Å². The molecular formula is C21H25N5O. The monoisotopic (exact) mass is 363 g/mol. The SMILES string of the molecule is CCN(CC)c1ccc(N/C=C(/C#N)C(=O)Nc2ccc(N)cc2)c(C)c1. The molecule has 2 rings (SSSR count). The lowest BCUT2D eigenvalue weighted by Crippen LogP contribution is -2.21. The van der Waals surface area contributed by atoms with Crippen LogP contribution in [0, 0.1) is 18.3 Å². The number of rotatable bonds is 7. The fourth-order valence-corrected chi connectivity index (χ4v) is 2.66. The fourth-order valence-electron chi connectivity index (χ4n) is 2.66. The Kier molecular flexibility index (Phi) is 6.84. The number of amides is 1. The third kappa shape index (κ3) is 5.25. The van der Waals surface area contributed by atoms with Gasteiger partial charge in [-0.3, -0.25) is 4.79 Å². The van der Waals surface area contributed by atoms with Gasteiger partial charge in [0, 0.05) is 42.0 Å². The quantitative estimate of drug-likeness (QED) is 0.394. The van der Waals surface area contributed by atoms with Gasteiger partial charge in [-0.05, 0) is 68.8 Å². The summed E-state index contributed by atoms with van der Waals surface area (Å²) in [6, 6.07) is 14.7. The van der Waals surface area contributed by atoms with Crippen molar-refractivity contribution in [3.63, 3.8) is 0 Å². The van der Waals surface area contributed by atoms with Gasteiger partial charge in [0.25, 0.3) is 5.91 Å². The lowest BCUT2D eigenvalue weighted by molar-refractivity contribution is -0.112. The number of nitrogen functional groups attached to an aromatic ring is 1. The van der Waals surface area contributed by atoms with Gasteiger partial charge in [-0.25, -0.2) is 0 Å². The average molecular weight is 363 g/mol. The average Bonchev–Trinajstić information content (AvgIpc) is 2.66. The van der Waals surface area contributed by atoms with Crippen LogP contribution in [0.3, 0.4) is 0 Å². The molecule has 0 atom stereocenters. The van der Waals surface area contributed by atoms with Gasteiger partial charge in [0.15, 0.2) is 0 Å². The van der Waals surface area contributed by atoms with Crippen LogP contribution in [-0.4, -0.2) is 19.0 Å². The van der Waals surface area contributed by atoms with Gasteiger partial charge in [0.05, 0.1) is 0 Å². The van der Waals surface area contributed by atoms with Crippen LogP contribution in [0.15, 0.2) is 54.2 Å². The van der Waals surface area contributed by atoms with E-state index in [0.717, 1.165) is 30.0 Å². The Morgan fingerprint density at radius 1 is 1.19 bits per heavy atom. The maximum Gasteiger partial charge on any atom is 0.267 e. The molecule has 0 aliphatic rings. The van der Waals surface area contributed by atoms with Crippen molar-refractivity contribution in [3.05, 3.63) is 59.8 Å². The minimum atomic E-state index is -0.479. The van der Waals surface area contributed by atoms with Crippen LogP contribution in [0.1, 0.15) is 19.4 Å². The molecule has 0 bridgehead atoms. The van der Waals surface area contributed by atoms with Crippen LogP contribution < -0.4 is 21.3 Å². The summed E-state index contributed by atoms with van der Waals surface area (Å²) in [4.78, 5) is 14.5. The second kappa shape index (κ2) is 9.30. The van der Waals surface area contributed by atoms with Crippen molar-refractivity contribution in [3.8, 4) is 6.07 Å². The predicted octanol–water partition coefficient (Wildman–Crippen LogP) is 3.88. The van der Waals surface area contributed by atoms with Gasteiger partial charge >= 0.3 is 0 Å². The van der Waals surface area contributed by atoms with Crippen LogP contribution in [0.25, 0.3) is 0 Å². The molecule has 27 heavy (non-hydrogen) atoms. The van der Waals surface area contributed by atoms with Crippen LogP contribution in [0.2, 0.25) is 0 Å². The zero-order chi connectivity index (χ0) is 19.8. The van der Waals surface area contributed by atoms with Gasteiger partial charge < -0.3 is 21.3 Å². The molecule has 0 radical (unpaired) electrons. The molecule has 0 spiro atoms. The highest BCUT2D eigenvalue weighted by atomic mass is 16.1. The van der Waals surface area contributed by atoms with Crippen LogP contribution in [-0.2, 0) is 4.79 Å². The van der Waals surface area contributed by atoms with E-state index in [1.54, 1.807) is 24.3 Å². The van der Waals surface area contributed by atoms with Crippen molar-refractivity contribution in [2.45, 2.75) is 20.8 Å². The van der Waals surface area contributed by atoms with Crippen molar-refractivity contribution in [2.75, 3.05) is 34.4 Å². The summed E-state index contributed by atoms with van der Waals surface area (Å²) in [5, 5.41) is 15.0. The van der Waals surface area contributed by atoms with Gasteiger partial charge in [0.2, 0.25) is 0 Å². The largest absolute Gasteiger partial charge is 0.399 e. The third-order valence-electron chi connectivity index (χ3n) is 4.24. The Morgan fingerprint density at radius 2 is 1.85 bits per heavy atom. The first-order chi connectivity index (χ1) is 13.0. The first-order valence-electron chi connectivity index (χ1n) is 8.87. The maximum absolute atomic E-state index is 12.3. The van der Waals surface area contributed by atoms with Crippen molar-refractivity contribution in [2.24, 2.45) is 0 Å².